The Kier molecular flexibility index (Phi) is 3.83. The number of carboxylic acids is 1. The fraction of sp³-hybridized carbons (Fsp3) is 0.429. The van der Waals surface area contributed by atoms with E-state index in [0.717, 1.165) is 12.0 Å². The van der Waals surface area contributed by atoms with Gasteiger partial charge in [0.25, 0.3) is 0 Å². The number of fused-ring (bicyclic) bond motifs is 1. The van der Waals surface area contributed by atoms with Gasteiger partial charge in [0.05, 0.1) is 6.42 Å². The molecule has 1 aliphatic rings. The van der Waals surface area contributed by atoms with Crippen LogP contribution in [-0.4, -0.2) is 29.3 Å². The molecule has 0 radical (unpaired) electrons. The highest BCUT2D eigenvalue weighted by atomic mass is 16.6. The Morgan fingerprint density at radius 1 is 1.45 bits per heavy atom. The number of carbonyl (C=O) groups excluding carboxylic acids is 1. The Hall–Kier alpha value is -2.24. The number of benzene rings is 1. The Bertz CT molecular complexity index is 538. The van der Waals surface area contributed by atoms with E-state index in [1.54, 1.807) is 12.1 Å². The van der Waals surface area contributed by atoms with Gasteiger partial charge in [-0.15, -0.1) is 0 Å². The van der Waals surface area contributed by atoms with E-state index < -0.39 is 12.1 Å². The largest absolute Gasteiger partial charge is 0.483 e. The molecule has 0 aromatic heterocycles. The average molecular weight is 279 g/mol. The van der Waals surface area contributed by atoms with E-state index in [9.17, 15) is 9.59 Å². The van der Waals surface area contributed by atoms with E-state index in [1.165, 1.54) is 0 Å². The SMILES string of the molecule is CC1(C)Cc2cccc(OC(=O)NCCC(=O)O)c2O1. The van der Waals surface area contributed by atoms with Crippen LogP contribution in [0.1, 0.15) is 25.8 Å². The summed E-state index contributed by atoms with van der Waals surface area (Å²) in [4.78, 5) is 21.9. The van der Waals surface area contributed by atoms with Gasteiger partial charge in [0, 0.05) is 18.5 Å². The number of carbonyl (C=O) groups is 2. The number of ether oxygens (including phenoxy) is 2. The summed E-state index contributed by atoms with van der Waals surface area (Å²) in [6.45, 7) is 3.95. The molecule has 1 aromatic rings. The quantitative estimate of drug-likeness (QED) is 0.880. The molecular formula is C14H17NO5. The first kappa shape index (κ1) is 14.2. The molecule has 0 spiro atoms. The van der Waals surface area contributed by atoms with Gasteiger partial charge < -0.3 is 19.9 Å². The molecule has 108 valence electrons. The van der Waals surface area contributed by atoms with E-state index in [1.807, 2.05) is 19.9 Å². The highest BCUT2D eigenvalue weighted by Gasteiger charge is 2.32. The Labute approximate surface area is 116 Å². The molecule has 1 aromatic carbocycles. The maximum atomic E-state index is 11.6. The second-order valence-electron chi connectivity index (χ2n) is 5.24. The van der Waals surface area contributed by atoms with Crippen molar-refractivity contribution in [1.82, 2.24) is 5.32 Å². The van der Waals surface area contributed by atoms with Crippen LogP contribution >= 0.6 is 0 Å². The first-order valence-electron chi connectivity index (χ1n) is 6.36. The second-order valence-corrected chi connectivity index (χ2v) is 5.24. The van der Waals surface area contributed by atoms with E-state index in [4.69, 9.17) is 14.6 Å². The highest BCUT2D eigenvalue weighted by Crippen LogP contribution is 2.41. The number of hydrogen-bond acceptors (Lipinski definition) is 4. The lowest BCUT2D eigenvalue weighted by atomic mass is 10.0. The molecule has 0 unspecified atom stereocenters. The van der Waals surface area contributed by atoms with Gasteiger partial charge in [0.15, 0.2) is 11.5 Å². The van der Waals surface area contributed by atoms with E-state index in [2.05, 4.69) is 5.32 Å². The van der Waals surface area contributed by atoms with Crippen molar-refractivity contribution in [2.45, 2.75) is 32.3 Å². The molecule has 20 heavy (non-hydrogen) atoms. The predicted molar refractivity (Wildman–Crippen MR) is 71.1 cm³/mol. The molecule has 0 aliphatic carbocycles. The van der Waals surface area contributed by atoms with Crippen LogP contribution in [0.5, 0.6) is 11.5 Å². The molecule has 0 fully saturated rings. The Morgan fingerprint density at radius 3 is 2.90 bits per heavy atom. The topological polar surface area (TPSA) is 84.9 Å². The number of rotatable bonds is 4. The van der Waals surface area contributed by atoms with Crippen LogP contribution in [0.25, 0.3) is 0 Å². The van der Waals surface area contributed by atoms with Crippen molar-refractivity contribution >= 4 is 12.1 Å². The number of aliphatic carboxylic acids is 1. The number of hydrogen-bond donors (Lipinski definition) is 2. The summed E-state index contributed by atoms with van der Waals surface area (Å²) in [5.74, 6) is -0.0530. The van der Waals surface area contributed by atoms with Crippen LogP contribution in [0.3, 0.4) is 0 Å². The lowest BCUT2D eigenvalue weighted by molar-refractivity contribution is -0.136. The van der Waals surface area contributed by atoms with E-state index in [-0.39, 0.29) is 18.6 Å². The molecule has 1 heterocycles. The lowest BCUT2D eigenvalue weighted by Crippen LogP contribution is -2.29. The van der Waals surface area contributed by atoms with Crippen molar-refractivity contribution < 1.29 is 24.2 Å². The summed E-state index contributed by atoms with van der Waals surface area (Å²) in [5, 5.41) is 10.9. The van der Waals surface area contributed by atoms with Gasteiger partial charge in [0.1, 0.15) is 5.60 Å². The molecular weight excluding hydrogens is 262 g/mol. The third-order valence-electron chi connectivity index (χ3n) is 2.87. The molecule has 1 aliphatic heterocycles. The van der Waals surface area contributed by atoms with Gasteiger partial charge in [0.2, 0.25) is 0 Å². The summed E-state index contributed by atoms with van der Waals surface area (Å²) >= 11 is 0. The average Bonchev–Trinajstić information content (AvgIpc) is 2.64. The summed E-state index contributed by atoms with van der Waals surface area (Å²) in [6.07, 6.45) is -0.0842. The second kappa shape index (κ2) is 5.40. The van der Waals surface area contributed by atoms with Crippen molar-refractivity contribution in [2.24, 2.45) is 0 Å². The van der Waals surface area contributed by atoms with Gasteiger partial charge in [-0.25, -0.2) is 4.79 Å². The molecule has 6 heteroatoms. The molecule has 1 amide bonds. The summed E-state index contributed by atoms with van der Waals surface area (Å²) < 4.78 is 10.9. The number of nitrogens with one attached hydrogen (secondary N) is 1. The maximum absolute atomic E-state index is 11.6. The smallest absolute Gasteiger partial charge is 0.412 e. The maximum Gasteiger partial charge on any atom is 0.412 e. The van der Waals surface area contributed by atoms with Crippen LogP contribution in [0.4, 0.5) is 4.79 Å². The standard InChI is InChI=1S/C14H17NO5/c1-14(2)8-9-4-3-5-10(12(9)20-14)19-13(18)15-7-6-11(16)17/h3-5H,6-8H2,1-2H3,(H,15,18)(H,16,17). The fourth-order valence-corrected chi connectivity index (χ4v) is 2.08. The van der Waals surface area contributed by atoms with Gasteiger partial charge in [-0.2, -0.15) is 0 Å². The minimum Gasteiger partial charge on any atom is -0.483 e. The van der Waals surface area contributed by atoms with Gasteiger partial charge in [-0.3, -0.25) is 4.79 Å². The van der Waals surface area contributed by atoms with Crippen molar-refractivity contribution in [3.05, 3.63) is 23.8 Å². The van der Waals surface area contributed by atoms with Crippen LogP contribution < -0.4 is 14.8 Å². The zero-order valence-corrected chi connectivity index (χ0v) is 11.4. The lowest BCUT2D eigenvalue weighted by Gasteiger charge is -2.18. The minimum atomic E-state index is -0.976. The molecule has 0 bridgehead atoms. The van der Waals surface area contributed by atoms with E-state index in [0.29, 0.717) is 11.5 Å². The monoisotopic (exact) mass is 279 g/mol. The van der Waals surface area contributed by atoms with Crippen LogP contribution in [0.15, 0.2) is 18.2 Å². The Balaban J connectivity index is 2.00. The first-order chi connectivity index (χ1) is 9.37. The highest BCUT2D eigenvalue weighted by molar-refractivity contribution is 5.73. The zero-order valence-electron chi connectivity index (χ0n) is 11.4. The van der Waals surface area contributed by atoms with Gasteiger partial charge >= 0.3 is 12.1 Å². The van der Waals surface area contributed by atoms with Crippen molar-refractivity contribution in [1.29, 1.82) is 0 Å². The van der Waals surface area contributed by atoms with Crippen molar-refractivity contribution in [2.75, 3.05) is 6.54 Å². The molecule has 0 atom stereocenters. The summed E-state index contributed by atoms with van der Waals surface area (Å²) in [7, 11) is 0. The third-order valence-corrected chi connectivity index (χ3v) is 2.87. The molecule has 2 rings (SSSR count). The first-order valence-corrected chi connectivity index (χ1v) is 6.36. The molecule has 0 saturated carbocycles. The van der Waals surface area contributed by atoms with Crippen LogP contribution in [0, 0.1) is 0 Å². The minimum absolute atomic E-state index is 0.0234. The van der Waals surface area contributed by atoms with Crippen LogP contribution in [0.2, 0.25) is 0 Å². The summed E-state index contributed by atoms with van der Waals surface area (Å²) in [6, 6.07) is 5.37. The fourth-order valence-electron chi connectivity index (χ4n) is 2.08. The zero-order chi connectivity index (χ0) is 14.8. The van der Waals surface area contributed by atoms with Crippen molar-refractivity contribution in [3.63, 3.8) is 0 Å². The van der Waals surface area contributed by atoms with Gasteiger partial charge in [-0.1, -0.05) is 12.1 Å². The predicted octanol–water partition coefficient (Wildman–Crippen LogP) is 1.96. The molecule has 2 N–H and O–H groups in total. The molecule has 6 nitrogen and oxygen atoms in total. The van der Waals surface area contributed by atoms with Gasteiger partial charge in [-0.05, 0) is 19.9 Å². The van der Waals surface area contributed by atoms with E-state index >= 15 is 0 Å². The van der Waals surface area contributed by atoms with Crippen molar-refractivity contribution in [3.8, 4) is 11.5 Å². The number of amides is 1. The number of carboxylic acid groups (broad SMARTS) is 1. The van der Waals surface area contributed by atoms with Crippen LogP contribution in [-0.2, 0) is 11.2 Å². The molecule has 0 saturated heterocycles. The Morgan fingerprint density at radius 2 is 2.20 bits per heavy atom. The number of para-hydroxylation sites is 1. The summed E-state index contributed by atoms with van der Waals surface area (Å²) in [5.41, 5.74) is 0.674. The normalized spacial score (nSPS) is 15.1. The third kappa shape index (κ3) is 3.40.